The number of carboxylic acid groups (broad SMARTS) is 2. The average molecular weight is 281 g/mol. The molecule has 7 heteroatoms. The van der Waals surface area contributed by atoms with E-state index in [-0.39, 0.29) is 24.1 Å². The first-order chi connectivity index (χ1) is 9.27. The van der Waals surface area contributed by atoms with Gasteiger partial charge in [-0.05, 0) is 25.8 Å². The van der Waals surface area contributed by atoms with Crippen LogP contribution in [0.5, 0.6) is 0 Å². The Balaban J connectivity index is 4.11. The molecule has 7 nitrogen and oxygen atoms in total. The van der Waals surface area contributed by atoms with Crippen molar-refractivity contribution in [1.29, 1.82) is 0 Å². The van der Waals surface area contributed by atoms with Gasteiger partial charge in [-0.3, -0.25) is 9.59 Å². The number of rotatable bonds is 5. The molecule has 108 valence electrons. The van der Waals surface area contributed by atoms with E-state index >= 15 is 0 Å². The number of carbonyl (C=O) groups excluding carboxylic acids is 1. The fourth-order valence-electron chi connectivity index (χ4n) is 2.24. The van der Waals surface area contributed by atoms with Crippen molar-refractivity contribution in [1.82, 2.24) is 4.57 Å². The van der Waals surface area contributed by atoms with Crippen molar-refractivity contribution in [2.75, 3.05) is 0 Å². The van der Waals surface area contributed by atoms with Crippen molar-refractivity contribution >= 4 is 17.7 Å². The van der Waals surface area contributed by atoms with Crippen LogP contribution in [0, 0.1) is 0 Å². The van der Waals surface area contributed by atoms with E-state index in [2.05, 4.69) is 0 Å². The number of hydrogen-bond acceptors (Lipinski definition) is 4. The number of nitrogens with zero attached hydrogens (tertiary/aromatic N) is 1. The minimum atomic E-state index is -1.51. The quantitative estimate of drug-likeness (QED) is 0.779. The highest BCUT2D eigenvalue weighted by atomic mass is 16.4. The molecular weight excluding hydrogens is 266 g/mol. The Morgan fingerprint density at radius 2 is 1.60 bits per heavy atom. The first kappa shape index (κ1) is 15.6. The highest BCUT2D eigenvalue weighted by Gasteiger charge is 2.29. The molecule has 0 aliphatic rings. The molecular formula is C13H15NO6. The van der Waals surface area contributed by atoms with Crippen LogP contribution in [-0.4, -0.2) is 32.5 Å². The van der Waals surface area contributed by atoms with Gasteiger partial charge in [0.2, 0.25) is 0 Å². The molecule has 0 radical (unpaired) electrons. The first-order valence-electron chi connectivity index (χ1n) is 6.04. The van der Waals surface area contributed by atoms with Crippen LogP contribution in [0.3, 0.4) is 0 Å². The maximum atomic E-state index is 12.2. The third-order valence-corrected chi connectivity index (χ3v) is 3.01. The smallest absolute Gasteiger partial charge is 0.353 e. The van der Waals surface area contributed by atoms with Gasteiger partial charge in [0.25, 0.3) is 5.56 Å². The first-order valence-corrected chi connectivity index (χ1v) is 6.04. The van der Waals surface area contributed by atoms with Crippen molar-refractivity contribution in [3.05, 3.63) is 32.7 Å². The highest BCUT2D eigenvalue weighted by molar-refractivity contribution is 6.05. The monoisotopic (exact) mass is 281 g/mol. The molecule has 0 fully saturated rings. The normalized spacial score (nSPS) is 10.3. The van der Waals surface area contributed by atoms with Crippen LogP contribution in [0.25, 0.3) is 0 Å². The summed E-state index contributed by atoms with van der Waals surface area (Å²) in [5.74, 6) is -3.55. The number of aromatic nitrogens is 1. The summed E-state index contributed by atoms with van der Waals surface area (Å²) in [6.45, 7) is 4.19. The number of carboxylic acids is 2. The number of pyridine rings is 1. The fourth-order valence-corrected chi connectivity index (χ4v) is 2.24. The lowest BCUT2D eigenvalue weighted by atomic mass is 9.96. The van der Waals surface area contributed by atoms with E-state index in [1.807, 2.05) is 0 Å². The lowest BCUT2D eigenvalue weighted by Gasteiger charge is -2.16. The fraction of sp³-hybridized carbons (Fsp3) is 0.385. The largest absolute Gasteiger partial charge is 0.478 e. The van der Waals surface area contributed by atoms with Crippen molar-refractivity contribution in [2.24, 2.45) is 0 Å². The maximum Gasteiger partial charge on any atom is 0.353 e. The third-order valence-electron chi connectivity index (χ3n) is 3.01. The number of hydrogen-bond donors (Lipinski definition) is 2. The van der Waals surface area contributed by atoms with Gasteiger partial charge >= 0.3 is 11.9 Å². The summed E-state index contributed by atoms with van der Waals surface area (Å²) in [5, 5.41) is 18.4. The van der Waals surface area contributed by atoms with Crippen LogP contribution < -0.4 is 5.56 Å². The molecule has 0 saturated carbocycles. The zero-order chi connectivity index (χ0) is 15.6. The second-order valence-electron chi connectivity index (χ2n) is 4.15. The summed E-state index contributed by atoms with van der Waals surface area (Å²) in [7, 11) is 0. The number of Topliss-reactive ketones (excluding diaryl/α,β-unsaturated/α-hetero) is 1. The van der Waals surface area contributed by atoms with Crippen LogP contribution in [0.15, 0.2) is 4.79 Å². The zero-order valence-corrected chi connectivity index (χ0v) is 11.4. The summed E-state index contributed by atoms with van der Waals surface area (Å²) in [6.07, 6.45) is 0.0800. The standard InChI is InChI=1S/C13H15NO6/c1-4-7-8(6(3)15)11(16)14(5-2)10(13(19)20)9(7)12(17)18/h4-5H2,1-3H3,(H,17,18)(H,19,20). The number of ketones is 1. The molecule has 0 aliphatic heterocycles. The molecule has 1 aromatic rings. The summed E-state index contributed by atoms with van der Waals surface area (Å²) in [6, 6.07) is 0. The van der Waals surface area contributed by atoms with Crippen molar-refractivity contribution < 1.29 is 24.6 Å². The molecule has 1 rings (SSSR count). The Labute approximate surface area is 114 Å². The Morgan fingerprint density at radius 1 is 1.05 bits per heavy atom. The number of carbonyl (C=O) groups is 3. The van der Waals surface area contributed by atoms with E-state index in [0.29, 0.717) is 0 Å². The topological polar surface area (TPSA) is 114 Å². The minimum absolute atomic E-state index is 0.0305. The van der Waals surface area contributed by atoms with Crippen molar-refractivity contribution in [3.8, 4) is 0 Å². The minimum Gasteiger partial charge on any atom is -0.478 e. The predicted octanol–water partition coefficient (Wildman–Crippen LogP) is 1.03. The van der Waals surface area contributed by atoms with Crippen LogP contribution in [-0.2, 0) is 13.0 Å². The molecule has 0 unspecified atom stereocenters. The Hall–Kier alpha value is -2.44. The Kier molecular flexibility index (Phi) is 4.44. The van der Waals surface area contributed by atoms with Crippen LogP contribution >= 0.6 is 0 Å². The van der Waals surface area contributed by atoms with Crippen LogP contribution in [0.2, 0.25) is 0 Å². The lowest BCUT2D eigenvalue weighted by molar-refractivity contribution is 0.0638. The third kappa shape index (κ3) is 2.34. The molecule has 0 amide bonds. The van der Waals surface area contributed by atoms with Crippen LogP contribution in [0.1, 0.15) is 57.5 Å². The molecule has 0 aromatic carbocycles. The van der Waals surface area contributed by atoms with Gasteiger partial charge in [0, 0.05) is 6.54 Å². The molecule has 0 saturated heterocycles. The molecule has 1 aromatic heterocycles. The Bertz CT molecular complexity index is 656. The molecule has 0 aliphatic carbocycles. The molecule has 20 heavy (non-hydrogen) atoms. The van der Waals surface area contributed by atoms with E-state index in [1.165, 1.54) is 6.92 Å². The predicted molar refractivity (Wildman–Crippen MR) is 69.7 cm³/mol. The van der Waals surface area contributed by atoms with Gasteiger partial charge in [0.15, 0.2) is 5.78 Å². The molecule has 2 N–H and O–H groups in total. The molecule has 0 atom stereocenters. The average Bonchev–Trinajstić information content (AvgIpc) is 2.35. The van der Waals surface area contributed by atoms with E-state index in [0.717, 1.165) is 11.5 Å². The SMILES string of the molecule is CCc1c(C(=O)O)c(C(=O)O)n(CC)c(=O)c1C(C)=O. The van der Waals surface area contributed by atoms with Gasteiger partial charge in [-0.1, -0.05) is 6.92 Å². The van der Waals surface area contributed by atoms with E-state index in [4.69, 9.17) is 0 Å². The molecule has 1 heterocycles. The van der Waals surface area contributed by atoms with Crippen molar-refractivity contribution in [3.63, 3.8) is 0 Å². The zero-order valence-electron chi connectivity index (χ0n) is 11.4. The van der Waals surface area contributed by atoms with Gasteiger partial charge in [0.05, 0.1) is 11.1 Å². The maximum absolute atomic E-state index is 12.2. The van der Waals surface area contributed by atoms with E-state index in [9.17, 15) is 29.4 Å². The van der Waals surface area contributed by atoms with Gasteiger partial charge in [0.1, 0.15) is 5.69 Å². The summed E-state index contributed by atoms with van der Waals surface area (Å²) in [4.78, 5) is 46.5. The van der Waals surface area contributed by atoms with E-state index in [1.54, 1.807) is 6.92 Å². The van der Waals surface area contributed by atoms with Crippen molar-refractivity contribution in [2.45, 2.75) is 33.7 Å². The highest BCUT2D eigenvalue weighted by Crippen LogP contribution is 2.19. The summed E-state index contributed by atoms with van der Waals surface area (Å²) < 4.78 is 0.807. The summed E-state index contributed by atoms with van der Waals surface area (Å²) in [5.41, 5.74) is -2.13. The lowest BCUT2D eigenvalue weighted by Crippen LogP contribution is -2.34. The van der Waals surface area contributed by atoms with Gasteiger partial charge in [-0.2, -0.15) is 0 Å². The molecule has 0 spiro atoms. The second-order valence-corrected chi connectivity index (χ2v) is 4.15. The van der Waals surface area contributed by atoms with E-state index < -0.39 is 34.5 Å². The van der Waals surface area contributed by atoms with Gasteiger partial charge in [-0.15, -0.1) is 0 Å². The van der Waals surface area contributed by atoms with Gasteiger partial charge < -0.3 is 14.8 Å². The summed E-state index contributed by atoms with van der Waals surface area (Å²) >= 11 is 0. The van der Waals surface area contributed by atoms with Crippen LogP contribution in [0.4, 0.5) is 0 Å². The second kappa shape index (κ2) is 5.68. The van der Waals surface area contributed by atoms with Gasteiger partial charge in [-0.25, -0.2) is 9.59 Å². The number of aromatic carboxylic acids is 2. The molecule has 0 bridgehead atoms. The Morgan fingerprint density at radius 3 is 1.90 bits per heavy atom.